The molecule has 0 unspecified atom stereocenters. The second-order valence-electron chi connectivity index (χ2n) is 5.50. The molecule has 0 N–H and O–H groups in total. The van der Waals surface area contributed by atoms with Crippen molar-refractivity contribution >= 4 is 9.52 Å². The third-order valence-corrected chi connectivity index (χ3v) is 5.06. The lowest BCUT2D eigenvalue weighted by atomic mass is 10.1. The summed E-state index contributed by atoms with van der Waals surface area (Å²) >= 11 is 0. The maximum absolute atomic E-state index is 2.29. The third kappa shape index (κ3) is 10.0. The van der Waals surface area contributed by atoms with Crippen LogP contribution in [0.25, 0.3) is 0 Å². The first kappa shape index (κ1) is 16.6. The molecule has 0 spiro atoms. The van der Waals surface area contributed by atoms with Gasteiger partial charge in [-0.25, -0.2) is 0 Å². The Morgan fingerprint density at radius 2 is 1.32 bits per heavy atom. The highest BCUT2D eigenvalue weighted by Crippen LogP contribution is 2.09. The van der Waals surface area contributed by atoms with Crippen LogP contribution in [0.5, 0.6) is 0 Å². The molecule has 0 fully saturated rings. The molecular formula is C17H31NSi. The summed E-state index contributed by atoms with van der Waals surface area (Å²) in [6.45, 7) is 3.49. The maximum atomic E-state index is 2.29. The predicted molar refractivity (Wildman–Crippen MR) is 87.0 cm³/mol. The second kappa shape index (κ2) is 12.5. The van der Waals surface area contributed by atoms with E-state index in [4.69, 9.17) is 0 Å². The van der Waals surface area contributed by atoms with E-state index in [-0.39, 0.29) is 0 Å². The van der Waals surface area contributed by atoms with Gasteiger partial charge in [-0.1, -0.05) is 70.4 Å². The molecule has 1 rings (SSSR count). The highest BCUT2D eigenvalue weighted by atomic mass is 28.2. The minimum absolute atomic E-state index is 1.20. The number of rotatable bonds is 13. The van der Waals surface area contributed by atoms with Crippen molar-refractivity contribution in [2.45, 2.75) is 83.3 Å². The fourth-order valence-corrected chi connectivity index (χ4v) is 3.65. The molecular weight excluding hydrogens is 246 g/mol. The minimum Gasteiger partial charge on any atom is -0.354 e. The van der Waals surface area contributed by atoms with Gasteiger partial charge in [-0.2, -0.15) is 0 Å². The van der Waals surface area contributed by atoms with E-state index < -0.39 is 0 Å². The summed E-state index contributed by atoms with van der Waals surface area (Å²) in [5.74, 6) is 0. The Morgan fingerprint density at radius 3 is 2.00 bits per heavy atom. The fraction of sp³-hybridized carbons (Fsp3) is 0.765. The van der Waals surface area contributed by atoms with Gasteiger partial charge in [0, 0.05) is 28.5 Å². The molecule has 1 aromatic heterocycles. The fourth-order valence-electron chi connectivity index (χ4n) is 2.40. The SMILES string of the molecule is CCCCCCCC[Si]CCCCCn1cccc1. The number of aromatic nitrogens is 1. The van der Waals surface area contributed by atoms with Gasteiger partial charge in [-0.05, 0) is 18.6 Å². The Morgan fingerprint density at radius 1 is 0.737 bits per heavy atom. The number of aryl methyl sites for hydroxylation is 1. The Bertz CT molecular complexity index is 269. The Kier molecular flexibility index (Phi) is 10.9. The zero-order valence-electron chi connectivity index (χ0n) is 12.7. The van der Waals surface area contributed by atoms with Crippen molar-refractivity contribution in [3.05, 3.63) is 24.5 Å². The molecule has 0 aliphatic heterocycles. The molecule has 0 amide bonds. The highest BCUT2D eigenvalue weighted by Gasteiger charge is 1.94. The van der Waals surface area contributed by atoms with Crippen LogP contribution in [0.15, 0.2) is 24.5 Å². The molecule has 0 aliphatic carbocycles. The maximum Gasteiger partial charge on any atom is 0.0378 e. The van der Waals surface area contributed by atoms with Gasteiger partial charge >= 0.3 is 0 Å². The first-order valence-corrected chi connectivity index (χ1v) is 9.66. The Balaban J connectivity index is 1.72. The van der Waals surface area contributed by atoms with Gasteiger partial charge < -0.3 is 4.57 Å². The smallest absolute Gasteiger partial charge is 0.0378 e. The van der Waals surface area contributed by atoms with Gasteiger partial charge in [-0.3, -0.25) is 0 Å². The molecule has 0 saturated heterocycles. The molecule has 2 radical (unpaired) electrons. The van der Waals surface area contributed by atoms with Gasteiger partial charge in [-0.15, -0.1) is 0 Å². The summed E-state index contributed by atoms with van der Waals surface area (Å²) in [5.41, 5.74) is 0. The van der Waals surface area contributed by atoms with E-state index in [0.717, 1.165) is 0 Å². The molecule has 0 aliphatic rings. The zero-order chi connectivity index (χ0) is 13.6. The summed E-state index contributed by atoms with van der Waals surface area (Å²) in [6, 6.07) is 7.19. The summed E-state index contributed by atoms with van der Waals surface area (Å²) < 4.78 is 2.29. The van der Waals surface area contributed by atoms with E-state index in [1.807, 2.05) is 0 Å². The molecule has 0 aromatic carbocycles. The molecule has 19 heavy (non-hydrogen) atoms. The molecule has 0 atom stereocenters. The van der Waals surface area contributed by atoms with E-state index in [9.17, 15) is 0 Å². The predicted octanol–water partition coefficient (Wildman–Crippen LogP) is 5.56. The van der Waals surface area contributed by atoms with Crippen LogP contribution in [0.2, 0.25) is 12.1 Å². The van der Waals surface area contributed by atoms with Crippen molar-refractivity contribution in [3.63, 3.8) is 0 Å². The van der Waals surface area contributed by atoms with Crippen LogP contribution in [-0.4, -0.2) is 14.1 Å². The van der Waals surface area contributed by atoms with E-state index in [2.05, 4.69) is 36.0 Å². The lowest BCUT2D eigenvalue weighted by Gasteiger charge is -2.03. The molecule has 1 aromatic rings. The van der Waals surface area contributed by atoms with E-state index >= 15 is 0 Å². The van der Waals surface area contributed by atoms with Crippen molar-refractivity contribution in [1.29, 1.82) is 0 Å². The quantitative estimate of drug-likeness (QED) is 0.328. The average Bonchev–Trinajstić information content (AvgIpc) is 2.93. The Hall–Kier alpha value is -0.503. The molecule has 1 heterocycles. The monoisotopic (exact) mass is 277 g/mol. The summed E-state index contributed by atoms with van der Waals surface area (Å²) in [5, 5.41) is 0. The van der Waals surface area contributed by atoms with Crippen LogP contribution in [0.3, 0.4) is 0 Å². The molecule has 2 heteroatoms. The normalized spacial score (nSPS) is 11.0. The minimum atomic E-state index is 1.20. The first-order valence-electron chi connectivity index (χ1n) is 8.25. The summed E-state index contributed by atoms with van der Waals surface area (Å²) in [4.78, 5) is 0. The highest BCUT2D eigenvalue weighted by molar-refractivity contribution is 6.35. The largest absolute Gasteiger partial charge is 0.354 e. The molecule has 0 bridgehead atoms. The molecule has 1 nitrogen and oxygen atoms in total. The number of hydrogen-bond acceptors (Lipinski definition) is 0. The van der Waals surface area contributed by atoms with Crippen LogP contribution in [0.1, 0.15) is 64.7 Å². The standard InChI is InChI=1S/C17H31NSi/c1-2-3-4-5-6-11-16-19-17-12-7-8-13-18-14-9-10-15-18/h9-10,14-15H,2-8,11-13,16-17H2,1H3. The molecule has 0 saturated carbocycles. The van der Waals surface area contributed by atoms with E-state index in [0.29, 0.717) is 0 Å². The van der Waals surface area contributed by atoms with E-state index in [1.165, 1.54) is 85.9 Å². The zero-order valence-corrected chi connectivity index (χ0v) is 13.7. The number of hydrogen-bond donors (Lipinski definition) is 0. The number of unbranched alkanes of at least 4 members (excludes halogenated alkanes) is 7. The van der Waals surface area contributed by atoms with Gasteiger partial charge in [0.15, 0.2) is 0 Å². The van der Waals surface area contributed by atoms with Crippen molar-refractivity contribution in [2.24, 2.45) is 0 Å². The summed E-state index contributed by atoms with van der Waals surface area (Å²) in [7, 11) is 1.22. The average molecular weight is 278 g/mol. The van der Waals surface area contributed by atoms with Gasteiger partial charge in [0.25, 0.3) is 0 Å². The second-order valence-corrected chi connectivity index (χ2v) is 7.00. The van der Waals surface area contributed by atoms with Gasteiger partial charge in [0.1, 0.15) is 0 Å². The molecule has 108 valence electrons. The topological polar surface area (TPSA) is 4.93 Å². The van der Waals surface area contributed by atoms with Crippen LogP contribution < -0.4 is 0 Å². The van der Waals surface area contributed by atoms with Crippen LogP contribution in [-0.2, 0) is 6.54 Å². The van der Waals surface area contributed by atoms with Crippen molar-refractivity contribution < 1.29 is 0 Å². The summed E-state index contributed by atoms with van der Waals surface area (Å²) in [6.07, 6.45) is 17.2. The Labute approximate surface area is 122 Å². The van der Waals surface area contributed by atoms with Crippen molar-refractivity contribution in [3.8, 4) is 0 Å². The van der Waals surface area contributed by atoms with Crippen molar-refractivity contribution in [1.82, 2.24) is 4.57 Å². The first-order chi connectivity index (χ1) is 9.43. The van der Waals surface area contributed by atoms with Crippen LogP contribution >= 0.6 is 0 Å². The lowest BCUT2D eigenvalue weighted by molar-refractivity contribution is 0.602. The lowest BCUT2D eigenvalue weighted by Crippen LogP contribution is -1.95. The van der Waals surface area contributed by atoms with Gasteiger partial charge in [0.05, 0.1) is 0 Å². The van der Waals surface area contributed by atoms with Crippen LogP contribution in [0, 0.1) is 0 Å². The van der Waals surface area contributed by atoms with Crippen LogP contribution in [0.4, 0.5) is 0 Å². The van der Waals surface area contributed by atoms with Crippen molar-refractivity contribution in [2.75, 3.05) is 0 Å². The third-order valence-electron chi connectivity index (χ3n) is 3.64. The van der Waals surface area contributed by atoms with Gasteiger partial charge in [0.2, 0.25) is 0 Å². The number of nitrogens with zero attached hydrogens (tertiary/aromatic N) is 1. The van der Waals surface area contributed by atoms with E-state index in [1.54, 1.807) is 0 Å².